The predicted molar refractivity (Wildman–Crippen MR) is 74.8 cm³/mol. The molecule has 19 heavy (non-hydrogen) atoms. The second-order valence-corrected chi connectivity index (χ2v) is 5.02. The van der Waals surface area contributed by atoms with Crippen LogP contribution < -0.4 is 5.32 Å². The van der Waals surface area contributed by atoms with E-state index in [2.05, 4.69) is 17.2 Å². The Morgan fingerprint density at radius 1 is 1.42 bits per heavy atom. The maximum atomic E-state index is 12.0. The summed E-state index contributed by atoms with van der Waals surface area (Å²) in [5.74, 6) is 6.49. The quantitative estimate of drug-likeness (QED) is 0.809. The van der Waals surface area contributed by atoms with Crippen molar-refractivity contribution in [3.63, 3.8) is 0 Å². The summed E-state index contributed by atoms with van der Waals surface area (Å²) in [5.41, 5.74) is 2.51. The van der Waals surface area contributed by atoms with Crippen molar-refractivity contribution in [2.45, 2.75) is 26.2 Å². The summed E-state index contributed by atoms with van der Waals surface area (Å²) in [4.78, 5) is 12.0. The first-order valence-electron chi connectivity index (χ1n) is 6.68. The van der Waals surface area contributed by atoms with Crippen LogP contribution in [0.15, 0.2) is 18.2 Å². The molecule has 0 aromatic heterocycles. The molecule has 1 aromatic rings. The van der Waals surface area contributed by atoms with Crippen molar-refractivity contribution in [1.29, 1.82) is 0 Å². The van der Waals surface area contributed by atoms with E-state index in [1.807, 2.05) is 19.1 Å². The molecule has 0 heterocycles. The first kappa shape index (κ1) is 13.6. The Labute approximate surface area is 114 Å². The smallest absolute Gasteiger partial charge is 0.251 e. The van der Waals surface area contributed by atoms with Gasteiger partial charge in [-0.05, 0) is 49.4 Å². The minimum Gasteiger partial charge on any atom is -0.395 e. The number of rotatable bonds is 4. The number of aryl methyl sites for hydroxylation is 1. The Morgan fingerprint density at radius 3 is 2.89 bits per heavy atom. The minimum absolute atomic E-state index is 0.0270. The molecule has 1 amide bonds. The zero-order valence-corrected chi connectivity index (χ0v) is 11.2. The van der Waals surface area contributed by atoms with Crippen molar-refractivity contribution in [2.75, 3.05) is 13.2 Å². The van der Waals surface area contributed by atoms with Crippen LogP contribution in [0.3, 0.4) is 0 Å². The fraction of sp³-hybridized carbons (Fsp3) is 0.438. The van der Waals surface area contributed by atoms with E-state index >= 15 is 0 Å². The molecule has 3 nitrogen and oxygen atoms in total. The molecular weight excluding hydrogens is 238 g/mol. The molecule has 0 atom stereocenters. The maximum absolute atomic E-state index is 12.0. The summed E-state index contributed by atoms with van der Waals surface area (Å²) in [6.45, 7) is 2.79. The van der Waals surface area contributed by atoms with E-state index in [9.17, 15) is 4.79 Å². The molecule has 1 aromatic carbocycles. The van der Waals surface area contributed by atoms with Crippen molar-refractivity contribution >= 4 is 5.91 Å². The van der Waals surface area contributed by atoms with Crippen LogP contribution in [0.5, 0.6) is 0 Å². The van der Waals surface area contributed by atoms with Crippen LogP contribution in [0.2, 0.25) is 0 Å². The topological polar surface area (TPSA) is 49.3 Å². The van der Waals surface area contributed by atoms with Crippen molar-refractivity contribution in [3.05, 3.63) is 34.9 Å². The Balaban J connectivity index is 2.06. The number of hydrogen-bond donors (Lipinski definition) is 2. The van der Waals surface area contributed by atoms with Gasteiger partial charge in [-0.15, -0.1) is 0 Å². The number of carbonyl (C=O) groups is 1. The molecule has 0 saturated heterocycles. The van der Waals surface area contributed by atoms with Crippen molar-refractivity contribution in [1.82, 2.24) is 5.32 Å². The SMILES string of the molecule is Cc1cc(C#CCCO)cc(C(=O)NCC2CC2)c1. The summed E-state index contributed by atoms with van der Waals surface area (Å²) >= 11 is 0. The average molecular weight is 257 g/mol. The fourth-order valence-corrected chi connectivity index (χ4v) is 1.87. The molecule has 0 unspecified atom stereocenters. The molecule has 0 radical (unpaired) electrons. The Bertz CT molecular complexity index is 521. The van der Waals surface area contributed by atoms with Gasteiger partial charge in [0.15, 0.2) is 0 Å². The third-order valence-corrected chi connectivity index (χ3v) is 3.06. The van der Waals surface area contributed by atoms with Gasteiger partial charge in [-0.1, -0.05) is 11.8 Å². The summed E-state index contributed by atoms with van der Waals surface area (Å²) in [6.07, 6.45) is 2.91. The molecule has 1 fully saturated rings. The van der Waals surface area contributed by atoms with E-state index in [1.165, 1.54) is 12.8 Å². The highest BCUT2D eigenvalue weighted by Crippen LogP contribution is 2.27. The lowest BCUT2D eigenvalue weighted by Crippen LogP contribution is -2.25. The number of nitrogens with one attached hydrogen (secondary N) is 1. The molecule has 1 saturated carbocycles. The third kappa shape index (κ3) is 4.42. The maximum Gasteiger partial charge on any atom is 0.251 e. The number of carbonyl (C=O) groups excluding carboxylic acids is 1. The summed E-state index contributed by atoms with van der Waals surface area (Å²) in [6, 6.07) is 5.63. The average Bonchev–Trinajstić information content (AvgIpc) is 3.19. The molecule has 1 aliphatic rings. The zero-order chi connectivity index (χ0) is 13.7. The van der Waals surface area contributed by atoms with E-state index in [4.69, 9.17) is 5.11 Å². The van der Waals surface area contributed by atoms with Crippen LogP contribution in [0.25, 0.3) is 0 Å². The number of benzene rings is 1. The van der Waals surface area contributed by atoms with Gasteiger partial charge in [-0.25, -0.2) is 0 Å². The molecule has 1 aliphatic carbocycles. The van der Waals surface area contributed by atoms with E-state index in [-0.39, 0.29) is 12.5 Å². The van der Waals surface area contributed by atoms with E-state index in [0.717, 1.165) is 17.7 Å². The number of aliphatic hydroxyl groups excluding tert-OH is 1. The van der Waals surface area contributed by atoms with Gasteiger partial charge in [0.05, 0.1) is 6.61 Å². The van der Waals surface area contributed by atoms with Gasteiger partial charge in [-0.2, -0.15) is 0 Å². The van der Waals surface area contributed by atoms with E-state index in [0.29, 0.717) is 17.9 Å². The Morgan fingerprint density at radius 2 is 2.21 bits per heavy atom. The van der Waals surface area contributed by atoms with Gasteiger partial charge in [-0.3, -0.25) is 4.79 Å². The molecule has 2 N–H and O–H groups in total. The lowest BCUT2D eigenvalue weighted by molar-refractivity contribution is 0.0951. The van der Waals surface area contributed by atoms with Gasteiger partial charge < -0.3 is 10.4 Å². The zero-order valence-electron chi connectivity index (χ0n) is 11.2. The Hall–Kier alpha value is -1.79. The predicted octanol–water partition coefficient (Wildman–Crippen LogP) is 1.87. The Kier molecular flexibility index (Phi) is 4.59. The van der Waals surface area contributed by atoms with E-state index in [1.54, 1.807) is 6.07 Å². The van der Waals surface area contributed by atoms with Crippen molar-refractivity contribution < 1.29 is 9.90 Å². The van der Waals surface area contributed by atoms with Gasteiger partial charge in [0, 0.05) is 24.1 Å². The van der Waals surface area contributed by atoms with Crippen LogP contribution in [0.1, 0.15) is 40.7 Å². The van der Waals surface area contributed by atoms with Gasteiger partial charge in [0.2, 0.25) is 0 Å². The van der Waals surface area contributed by atoms with Crippen molar-refractivity contribution in [3.8, 4) is 11.8 Å². The number of hydrogen-bond acceptors (Lipinski definition) is 2. The molecule has 2 rings (SSSR count). The monoisotopic (exact) mass is 257 g/mol. The van der Waals surface area contributed by atoms with Gasteiger partial charge in [0.1, 0.15) is 0 Å². The molecule has 0 bridgehead atoms. The summed E-state index contributed by atoms with van der Waals surface area (Å²) < 4.78 is 0. The summed E-state index contributed by atoms with van der Waals surface area (Å²) in [7, 11) is 0. The van der Waals surface area contributed by atoms with Crippen LogP contribution >= 0.6 is 0 Å². The highest BCUT2D eigenvalue weighted by atomic mass is 16.2. The third-order valence-electron chi connectivity index (χ3n) is 3.06. The van der Waals surface area contributed by atoms with Gasteiger partial charge in [0.25, 0.3) is 5.91 Å². The molecule has 100 valence electrons. The second-order valence-electron chi connectivity index (χ2n) is 5.02. The van der Waals surface area contributed by atoms with Crippen LogP contribution in [0, 0.1) is 24.7 Å². The molecule has 0 spiro atoms. The fourth-order valence-electron chi connectivity index (χ4n) is 1.87. The highest BCUT2D eigenvalue weighted by molar-refractivity contribution is 5.94. The minimum atomic E-state index is -0.0270. The van der Waals surface area contributed by atoms with E-state index < -0.39 is 0 Å². The molecule has 3 heteroatoms. The lowest BCUT2D eigenvalue weighted by Gasteiger charge is -2.06. The van der Waals surface area contributed by atoms with Crippen molar-refractivity contribution in [2.24, 2.45) is 5.92 Å². The second kappa shape index (κ2) is 6.40. The first-order chi connectivity index (χ1) is 9.19. The number of amides is 1. The highest BCUT2D eigenvalue weighted by Gasteiger charge is 2.21. The number of aliphatic hydroxyl groups is 1. The molecular formula is C16H19NO2. The lowest BCUT2D eigenvalue weighted by atomic mass is 10.1. The van der Waals surface area contributed by atoms with Crippen LogP contribution in [-0.4, -0.2) is 24.2 Å². The van der Waals surface area contributed by atoms with Gasteiger partial charge >= 0.3 is 0 Å². The standard InChI is InChI=1S/C16H19NO2/c1-12-8-14(4-2-3-7-18)10-15(9-12)16(19)17-11-13-5-6-13/h8-10,13,18H,3,5-7,11H2,1H3,(H,17,19). The molecule has 0 aliphatic heterocycles. The largest absolute Gasteiger partial charge is 0.395 e. The normalized spacial score (nSPS) is 13.6. The van der Waals surface area contributed by atoms with Crippen LogP contribution in [-0.2, 0) is 0 Å². The van der Waals surface area contributed by atoms with Crippen LogP contribution in [0.4, 0.5) is 0 Å². The first-order valence-corrected chi connectivity index (χ1v) is 6.68. The summed E-state index contributed by atoms with van der Waals surface area (Å²) in [5, 5.41) is 11.7.